The van der Waals surface area contributed by atoms with Crippen molar-refractivity contribution >= 4 is 17.5 Å². The van der Waals surface area contributed by atoms with E-state index in [1.165, 1.54) is 12.3 Å². The van der Waals surface area contributed by atoms with E-state index in [-0.39, 0.29) is 11.3 Å². The molecule has 0 aromatic carbocycles. The van der Waals surface area contributed by atoms with Crippen LogP contribution in [0.5, 0.6) is 0 Å². The molecular formula is C9H11N3O2. The molecule has 0 spiro atoms. The van der Waals surface area contributed by atoms with E-state index in [4.69, 9.17) is 10.8 Å². The van der Waals surface area contributed by atoms with Gasteiger partial charge < -0.3 is 15.7 Å². The number of aromatic nitrogens is 1. The smallest absolute Gasteiger partial charge is 0.337 e. The van der Waals surface area contributed by atoms with Crippen molar-refractivity contribution in [3.8, 4) is 0 Å². The molecule has 0 aliphatic carbocycles. The van der Waals surface area contributed by atoms with Crippen molar-refractivity contribution in [1.82, 2.24) is 4.98 Å². The SMILES string of the molecule is Nc1c(C(=O)O)ccnc1N1CCC1. The summed E-state index contributed by atoms with van der Waals surface area (Å²) in [5, 5.41) is 8.84. The van der Waals surface area contributed by atoms with Crippen LogP contribution in [-0.2, 0) is 0 Å². The van der Waals surface area contributed by atoms with Crippen LogP contribution in [0.4, 0.5) is 11.5 Å². The average molecular weight is 193 g/mol. The Morgan fingerprint density at radius 2 is 2.29 bits per heavy atom. The van der Waals surface area contributed by atoms with Crippen molar-refractivity contribution in [3.05, 3.63) is 17.8 Å². The van der Waals surface area contributed by atoms with Gasteiger partial charge in [-0.05, 0) is 12.5 Å². The van der Waals surface area contributed by atoms with Crippen molar-refractivity contribution in [2.45, 2.75) is 6.42 Å². The molecule has 1 saturated heterocycles. The molecular weight excluding hydrogens is 182 g/mol. The summed E-state index contributed by atoms with van der Waals surface area (Å²) >= 11 is 0. The van der Waals surface area contributed by atoms with Gasteiger partial charge in [0.1, 0.15) is 0 Å². The second kappa shape index (κ2) is 3.17. The van der Waals surface area contributed by atoms with Gasteiger partial charge in [0.05, 0.1) is 11.3 Å². The van der Waals surface area contributed by atoms with Crippen LogP contribution >= 0.6 is 0 Å². The minimum absolute atomic E-state index is 0.127. The first kappa shape index (κ1) is 8.80. The zero-order valence-corrected chi connectivity index (χ0v) is 7.60. The molecule has 1 aromatic rings. The second-order valence-electron chi connectivity index (χ2n) is 3.24. The molecule has 0 bridgehead atoms. The first-order valence-electron chi connectivity index (χ1n) is 4.43. The number of nitrogens with zero attached hydrogens (tertiary/aromatic N) is 2. The number of rotatable bonds is 2. The van der Waals surface area contributed by atoms with Gasteiger partial charge in [-0.25, -0.2) is 9.78 Å². The quantitative estimate of drug-likeness (QED) is 0.717. The van der Waals surface area contributed by atoms with E-state index >= 15 is 0 Å². The Hall–Kier alpha value is -1.78. The number of carboxylic acid groups (broad SMARTS) is 1. The lowest BCUT2D eigenvalue weighted by Crippen LogP contribution is -2.38. The van der Waals surface area contributed by atoms with Gasteiger partial charge in [-0.15, -0.1) is 0 Å². The van der Waals surface area contributed by atoms with Crippen LogP contribution in [0, 0.1) is 0 Å². The summed E-state index contributed by atoms with van der Waals surface area (Å²) in [4.78, 5) is 16.8. The van der Waals surface area contributed by atoms with E-state index in [2.05, 4.69) is 4.98 Å². The zero-order valence-electron chi connectivity index (χ0n) is 7.60. The predicted octanol–water partition coefficient (Wildman–Crippen LogP) is 0.572. The summed E-state index contributed by atoms with van der Waals surface area (Å²) in [6.45, 7) is 1.81. The van der Waals surface area contributed by atoms with Crippen LogP contribution in [0.25, 0.3) is 0 Å². The molecule has 5 heteroatoms. The number of nitrogen functional groups attached to an aromatic ring is 1. The van der Waals surface area contributed by atoms with E-state index in [1.807, 2.05) is 4.90 Å². The lowest BCUT2D eigenvalue weighted by Gasteiger charge is -2.32. The molecule has 0 amide bonds. The van der Waals surface area contributed by atoms with Gasteiger partial charge in [-0.2, -0.15) is 0 Å². The molecule has 3 N–H and O–H groups in total. The molecule has 2 rings (SSSR count). The Kier molecular flexibility index (Phi) is 1.99. The van der Waals surface area contributed by atoms with Gasteiger partial charge in [0.15, 0.2) is 5.82 Å². The minimum atomic E-state index is -1.01. The summed E-state index contributed by atoms with van der Waals surface area (Å²) < 4.78 is 0. The van der Waals surface area contributed by atoms with Gasteiger partial charge in [0, 0.05) is 19.3 Å². The Labute approximate surface area is 81.2 Å². The number of carbonyl (C=O) groups is 1. The van der Waals surface area contributed by atoms with Gasteiger partial charge >= 0.3 is 5.97 Å². The molecule has 2 heterocycles. The standard InChI is InChI=1S/C9H11N3O2/c10-7-6(9(13)14)2-3-11-8(7)12-4-1-5-12/h2-3H,1,4-5,10H2,(H,13,14). The lowest BCUT2D eigenvalue weighted by molar-refractivity contribution is 0.0698. The molecule has 1 aromatic heterocycles. The van der Waals surface area contributed by atoms with E-state index in [9.17, 15) is 4.79 Å². The van der Waals surface area contributed by atoms with Crippen molar-refractivity contribution in [3.63, 3.8) is 0 Å². The maximum Gasteiger partial charge on any atom is 0.337 e. The van der Waals surface area contributed by atoms with Crippen LogP contribution in [0.3, 0.4) is 0 Å². The van der Waals surface area contributed by atoms with E-state index in [1.54, 1.807) is 0 Å². The fraction of sp³-hybridized carbons (Fsp3) is 0.333. The maximum absolute atomic E-state index is 10.8. The number of aromatic carboxylic acids is 1. The summed E-state index contributed by atoms with van der Waals surface area (Å²) in [6.07, 6.45) is 2.59. The summed E-state index contributed by atoms with van der Waals surface area (Å²) in [5.41, 5.74) is 6.10. The number of carboxylic acids is 1. The van der Waals surface area contributed by atoms with Gasteiger partial charge in [-0.1, -0.05) is 0 Å². The van der Waals surface area contributed by atoms with Crippen molar-refractivity contribution < 1.29 is 9.90 Å². The highest BCUT2D eigenvalue weighted by Crippen LogP contribution is 2.27. The largest absolute Gasteiger partial charge is 0.478 e. The molecule has 1 aliphatic heterocycles. The van der Waals surface area contributed by atoms with E-state index in [0.717, 1.165) is 19.5 Å². The molecule has 1 fully saturated rings. The number of nitrogens with two attached hydrogens (primary N) is 1. The topological polar surface area (TPSA) is 79.5 Å². The number of pyridine rings is 1. The molecule has 5 nitrogen and oxygen atoms in total. The Balaban J connectivity index is 2.40. The van der Waals surface area contributed by atoms with Crippen molar-refractivity contribution in [1.29, 1.82) is 0 Å². The number of hydrogen-bond donors (Lipinski definition) is 2. The van der Waals surface area contributed by atoms with Gasteiger partial charge in [0.2, 0.25) is 0 Å². The van der Waals surface area contributed by atoms with E-state index < -0.39 is 5.97 Å². The first-order chi connectivity index (χ1) is 6.70. The Morgan fingerprint density at radius 3 is 2.79 bits per heavy atom. The third-order valence-electron chi connectivity index (χ3n) is 2.36. The average Bonchev–Trinajstić information content (AvgIpc) is 2.04. The Morgan fingerprint density at radius 1 is 1.57 bits per heavy atom. The van der Waals surface area contributed by atoms with Crippen LogP contribution in [0.1, 0.15) is 16.8 Å². The fourth-order valence-electron chi connectivity index (χ4n) is 1.43. The second-order valence-corrected chi connectivity index (χ2v) is 3.24. The molecule has 0 saturated carbocycles. The third-order valence-corrected chi connectivity index (χ3v) is 2.36. The lowest BCUT2D eigenvalue weighted by atomic mass is 10.1. The van der Waals surface area contributed by atoms with E-state index in [0.29, 0.717) is 5.82 Å². The Bertz CT molecular complexity index is 374. The highest BCUT2D eigenvalue weighted by molar-refractivity contribution is 5.96. The summed E-state index contributed by atoms with van der Waals surface area (Å²) in [7, 11) is 0. The molecule has 14 heavy (non-hydrogen) atoms. The van der Waals surface area contributed by atoms with Crippen LogP contribution in [-0.4, -0.2) is 29.1 Å². The van der Waals surface area contributed by atoms with Crippen LogP contribution in [0.15, 0.2) is 12.3 Å². The fourth-order valence-corrected chi connectivity index (χ4v) is 1.43. The number of hydrogen-bond acceptors (Lipinski definition) is 4. The van der Waals surface area contributed by atoms with Gasteiger partial charge in [0.25, 0.3) is 0 Å². The highest BCUT2D eigenvalue weighted by atomic mass is 16.4. The molecule has 74 valence electrons. The molecule has 0 atom stereocenters. The predicted molar refractivity (Wildman–Crippen MR) is 52.4 cm³/mol. The highest BCUT2D eigenvalue weighted by Gasteiger charge is 2.21. The maximum atomic E-state index is 10.8. The summed E-state index contributed by atoms with van der Waals surface area (Å²) in [5.74, 6) is -0.414. The van der Waals surface area contributed by atoms with Crippen molar-refractivity contribution in [2.75, 3.05) is 23.7 Å². The molecule has 0 unspecified atom stereocenters. The summed E-state index contributed by atoms with van der Waals surface area (Å²) in [6, 6.07) is 1.42. The third kappa shape index (κ3) is 1.26. The van der Waals surface area contributed by atoms with Crippen LogP contribution < -0.4 is 10.6 Å². The number of anilines is 2. The first-order valence-corrected chi connectivity index (χ1v) is 4.43. The molecule has 1 aliphatic rings. The van der Waals surface area contributed by atoms with Gasteiger partial charge in [-0.3, -0.25) is 0 Å². The molecule has 0 radical (unpaired) electrons. The minimum Gasteiger partial charge on any atom is -0.478 e. The normalized spacial score (nSPS) is 15.0. The van der Waals surface area contributed by atoms with Crippen LogP contribution in [0.2, 0.25) is 0 Å². The van der Waals surface area contributed by atoms with Crippen molar-refractivity contribution in [2.24, 2.45) is 0 Å². The monoisotopic (exact) mass is 193 g/mol. The zero-order chi connectivity index (χ0) is 10.1.